The van der Waals surface area contributed by atoms with Gasteiger partial charge < -0.3 is 33.2 Å². The van der Waals surface area contributed by atoms with E-state index in [1.54, 1.807) is 0 Å². The number of rotatable bonds is 24. The van der Waals surface area contributed by atoms with Crippen LogP contribution >= 0.6 is 0 Å². The molecular formula is C43H67N9O3. The fourth-order valence-electron chi connectivity index (χ4n) is 6.85. The zero-order valence-electron chi connectivity index (χ0n) is 34.0. The van der Waals surface area contributed by atoms with Gasteiger partial charge in [0.1, 0.15) is 0 Å². The van der Waals surface area contributed by atoms with Gasteiger partial charge in [0.15, 0.2) is 0 Å². The number of benzene rings is 3. The predicted molar refractivity (Wildman–Crippen MR) is 227 cm³/mol. The summed E-state index contributed by atoms with van der Waals surface area (Å²) in [7, 11) is 11.5. The van der Waals surface area contributed by atoms with Crippen LogP contribution in [0.4, 0.5) is 17.1 Å². The van der Waals surface area contributed by atoms with E-state index in [4.69, 9.17) is 17.2 Å². The fraction of sp³-hybridized carbons (Fsp3) is 0.512. The van der Waals surface area contributed by atoms with Crippen molar-refractivity contribution in [3.8, 4) is 0 Å². The van der Waals surface area contributed by atoms with Gasteiger partial charge in [0, 0.05) is 23.0 Å². The van der Waals surface area contributed by atoms with E-state index in [2.05, 4.69) is 16.0 Å². The molecule has 3 aromatic carbocycles. The minimum absolute atomic E-state index is 0.0478. The van der Waals surface area contributed by atoms with Crippen molar-refractivity contribution in [2.24, 2.45) is 17.2 Å². The Balaban J connectivity index is 1.89. The molecule has 0 bridgehead atoms. The van der Waals surface area contributed by atoms with Crippen LogP contribution in [0.2, 0.25) is 0 Å². The summed E-state index contributed by atoms with van der Waals surface area (Å²) in [5, 5.41) is 9.30. The molecule has 0 heterocycles. The molecule has 9 N–H and O–H groups in total. The lowest BCUT2D eigenvalue weighted by molar-refractivity contribution is -0.121. The third-order valence-corrected chi connectivity index (χ3v) is 10.1. The molecule has 12 heteroatoms. The first-order valence-corrected chi connectivity index (χ1v) is 19.7. The monoisotopic (exact) mass is 758 g/mol. The highest BCUT2D eigenvalue weighted by Gasteiger charge is 2.24. The second kappa shape index (κ2) is 23.7. The van der Waals surface area contributed by atoms with Gasteiger partial charge in [0.25, 0.3) is 0 Å². The third-order valence-electron chi connectivity index (χ3n) is 10.1. The van der Waals surface area contributed by atoms with Crippen molar-refractivity contribution in [2.45, 2.75) is 81.8 Å². The predicted octanol–water partition coefficient (Wildman–Crippen LogP) is 4.86. The molecule has 302 valence electrons. The fourth-order valence-corrected chi connectivity index (χ4v) is 6.85. The zero-order valence-corrected chi connectivity index (χ0v) is 34.0. The van der Waals surface area contributed by atoms with Crippen LogP contribution in [0, 0.1) is 0 Å². The molecule has 0 unspecified atom stereocenters. The number of nitrogens with one attached hydrogen (secondary N) is 3. The maximum Gasteiger partial charge on any atom is 0.241 e. The van der Waals surface area contributed by atoms with Crippen LogP contribution in [0.5, 0.6) is 0 Å². The number of hydrogen-bond donors (Lipinski definition) is 6. The van der Waals surface area contributed by atoms with Crippen molar-refractivity contribution in [3.05, 3.63) is 89.5 Å². The van der Waals surface area contributed by atoms with Gasteiger partial charge >= 0.3 is 0 Å². The molecule has 0 saturated carbocycles. The minimum Gasteiger partial charge on any atom is -0.330 e. The Labute approximate surface area is 329 Å². The van der Waals surface area contributed by atoms with Gasteiger partial charge in [-0.2, -0.15) is 0 Å². The van der Waals surface area contributed by atoms with Crippen LogP contribution in [0.1, 0.15) is 80.4 Å². The summed E-state index contributed by atoms with van der Waals surface area (Å²) in [6.45, 7) is 1.83. The average molecular weight is 758 g/mol. The summed E-state index contributed by atoms with van der Waals surface area (Å²) < 4.78 is 0. The average Bonchev–Trinajstić information content (AvgIpc) is 3.15. The molecule has 0 aliphatic rings. The van der Waals surface area contributed by atoms with E-state index in [1.807, 2.05) is 130 Å². The van der Waals surface area contributed by atoms with Gasteiger partial charge in [-0.1, -0.05) is 55.7 Å². The molecule has 0 fully saturated rings. The normalized spacial score (nSPS) is 13.3. The summed E-state index contributed by atoms with van der Waals surface area (Å²) >= 11 is 0. The molecule has 3 aromatic rings. The molecule has 0 radical (unpaired) electrons. The maximum absolute atomic E-state index is 13.3. The Bertz CT molecular complexity index is 1390. The van der Waals surface area contributed by atoms with Crippen LogP contribution in [0.25, 0.3) is 0 Å². The number of hydrogen-bond acceptors (Lipinski definition) is 9. The smallest absolute Gasteiger partial charge is 0.241 e. The largest absolute Gasteiger partial charge is 0.330 e. The van der Waals surface area contributed by atoms with E-state index in [-0.39, 0.29) is 41.8 Å². The SMILES string of the molecule is CN(C)[C@@H](CCCCN)C(=O)Nc1ccc(C(c2ccc(NC(=O)[C@H](CCCCN)N(C)C)cc2)c2ccc(NC(=O)[C@H](CCCCN)N(C)C)cc2)cc1. The van der Waals surface area contributed by atoms with E-state index in [9.17, 15) is 14.4 Å². The Morgan fingerprint density at radius 2 is 0.673 bits per heavy atom. The first-order valence-electron chi connectivity index (χ1n) is 19.7. The van der Waals surface area contributed by atoms with E-state index >= 15 is 0 Å². The van der Waals surface area contributed by atoms with Crippen LogP contribution in [-0.2, 0) is 14.4 Å². The highest BCUT2D eigenvalue weighted by Crippen LogP contribution is 2.34. The Hall–Kier alpha value is -4.17. The van der Waals surface area contributed by atoms with Crippen molar-refractivity contribution < 1.29 is 14.4 Å². The first kappa shape index (κ1) is 45.2. The molecular weight excluding hydrogens is 691 g/mol. The van der Waals surface area contributed by atoms with Crippen molar-refractivity contribution >= 4 is 34.8 Å². The number of carbonyl (C=O) groups excluding carboxylic acids is 3. The van der Waals surface area contributed by atoms with Gasteiger partial charge in [0.2, 0.25) is 17.7 Å². The highest BCUT2D eigenvalue weighted by atomic mass is 16.2. The Kier molecular flexibility index (Phi) is 19.5. The molecule has 3 rings (SSSR count). The number of nitrogens with zero attached hydrogens (tertiary/aromatic N) is 3. The van der Waals surface area contributed by atoms with Gasteiger partial charge in [-0.25, -0.2) is 0 Å². The summed E-state index contributed by atoms with van der Waals surface area (Å²) in [6.07, 6.45) is 7.49. The number of carbonyl (C=O) groups is 3. The van der Waals surface area contributed by atoms with E-state index in [0.29, 0.717) is 19.6 Å². The third kappa shape index (κ3) is 14.4. The van der Waals surface area contributed by atoms with Crippen LogP contribution in [0.15, 0.2) is 72.8 Å². The van der Waals surface area contributed by atoms with E-state index in [1.165, 1.54) is 0 Å². The summed E-state index contributed by atoms with van der Waals surface area (Å²) in [5.41, 5.74) is 22.3. The van der Waals surface area contributed by atoms with Crippen molar-refractivity contribution in [3.63, 3.8) is 0 Å². The minimum atomic E-state index is -0.255. The van der Waals surface area contributed by atoms with Gasteiger partial charge in [-0.15, -0.1) is 0 Å². The number of anilines is 3. The number of amides is 3. The molecule has 0 spiro atoms. The molecule has 3 amide bonds. The molecule has 0 saturated heterocycles. The maximum atomic E-state index is 13.3. The lowest BCUT2D eigenvalue weighted by Gasteiger charge is -2.24. The zero-order chi connectivity index (χ0) is 40.3. The number of unbranched alkanes of at least 4 members (excludes halogenated alkanes) is 3. The second-order valence-electron chi connectivity index (χ2n) is 15.1. The summed E-state index contributed by atoms with van der Waals surface area (Å²) in [4.78, 5) is 45.6. The number of nitrogens with two attached hydrogens (primary N) is 3. The van der Waals surface area contributed by atoms with Crippen molar-refractivity contribution in [2.75, 3.05) is 77.9 Å². The van der Waals surface area contributed by atoms with Crippen molar-refractivity contribution in [1.29, 1.82) is 0 Å². The lowest BCUT2D eigenvalue weighted by atomic mass is 9.85. The summed E-state index contributed by atoms with van der Waals surface area (Å²) in [6, 6.07) is 23.1. The highest BCUT2D eigenvalue weighted by molar-refractivity contribution is 5.96. The second-order valence-corrected chi connectivity index (χ2v) is 15.1. The molecule has 55 heavy (non-hydrogen) atoms. The molecule has 0 aliphatic heterocycles. The van der Waals surface area contributed by atoms with Gasteiger partial charge in [-0.05, 0) is 154 Å². The molecule has 12 nitrogen and oxygen atoms in total. The molecule has 3 atom stereocenters. The van der Waals surface area contributed by atoms with E-state index in [0.717, 1.165) is 91.5 Å². The van der Waals surface area contributed by atoms with Crippen LogP contribution in [0.3, 0.4) is 0 Å². The standard InChI is InChI=1S/C43H67N9O3/c1-50(2)37(13-7-10-28-44)41(53)47-34-22-16-31(17-23-34)40(32-18-24-35(25-19-32)48-42(54)38(51(3)4)14-8-11-29-45)33-20-26-36(27-21-33)49-43(55)39(52(5)6)15-9-12-30-46/h16-27,37-40H,7-15,28-30,44-46H2,1-6H3,(H,47,53)(H,48,54)(H,49,55)/t37-,38-,39-/m0/s1. The Morgan fingerprint density at radius 3 is 0.873 bits per heavy atom. The first-order chi connectivity index (χ1) is 26.4. The van der Waals surface area contributed by atoms with Crippen LogP contribution < -0.4 is 33.2 Å². The van der Waals surface area contributed by atoms with Crippen molar-refractivity contribution in [1.82, 2.24) is 14.7 Å². The lowest BCUT2D eigenvalue weighted by Crippen LogP contribution is -2.39. The molecule has 0 aliphatic carbocycles. The van der Waals surface area contributed by atoms with Gasteiger partial charge in [-0.3, -0.25) is 29.1 Å². The Morgan fingerprint density at radius 1 is 0.436 bits per heavy atom. The van der Waals surface area contributed by atoms with Crippen LogP contribution in [-0.4, -0.2) is 112 Å². The van der Waals surface area contributed by atoms with Gasteiger partial charge in [0.05, 0.1) is 18.1 Å². The van der Waals surface area contributed by atoms with E-state index < -0.39 is 0 Å². The number of likely N-dealkylation sites (N-methyl/N-ethyl adjacent to an activating group) is 3. The quantitative estimate of drug-likeness (QED) is 0.0551. The molecule has 0 aromatic heterocycles. The topological polar surface area (TPSA) is 175 Å². The summed E-state index contributed by atoms with van der Waals surface area (Å²) in [5.74, 6) is -0.309.